The van der Waals surface area contributed by atoms with Gasteiger partial charge < -0.3 is 10.1 Å². The molecule has 0 aliphatic carbocycles. The molecule has 0 radical (unpaired) electrons. The summed E-state index contributed by atoms with van der Waals surface area (Å²) in [7, 11) is 0. The Hall–Kier alpha value is -0.930. The summed E-state index contributed by atoms with van der Waals surface area (Å²) >= 11 is 0. The lowest BCUT2D eigenvalue weighted by molar-refractivity contribution is -0.0881. The Morgan fingerprint density at radius 1 is 1.32 bits per heavy atom. The van der Waals surface area contributed by atoms with E-state index in [0.717, 1.165) is 38.0 Å². The topological polar surface area (TPSA) is 21.3 Å². The molecule has 0 saturated carbocycles. The maximum absolute atomic E-state index is 13.0. The number of ether oxygens (including phenoxy) is 1. The van der Waals surface area contributed by atoms with E-state index >= 15 is 0 Å². The Morgan fingerprint density at radius 3 is 2.63 bits per heavy atom. The Kier molecular flexibility index (Phi) is 4.94. The highest BCUT2D eigenvalue weighted by Crippen LogP contribution is 2.29. The lowest BCUT2D eigenvalue weighted by atomic mass is 9.84. The molecular formula is C16H24FNO. The van der Waals surface area contributed by atoms with E-state index in [1.807, 2.05) is 12.1 Å². The zero-order chi connectivity index (χ0) is 13.7. The molecule has 1 fully saturated rings. The van der Waals surface area contributed by atoms with Crippen molar-refractivity contribution >= 4 is 0 Å². The van der Waals surface area contributed by atoms with Crippen molar-refractivity contribution in [3.05, 3.63) is 35.6 Å². The van der Waals surface area contributed by atoms with E-state index in [2.05, 4.69) is 19.2 Å². The van der Waals surface area contributed by atoms with E-state index in [9.17, 15) is 4.39 Å². The summed E-state index contributed by atoms with van der Waals surface area (Å²) in [6.07, 6.45) is 4.35. The molecule has 0 spiro atoms. The standard InChI is InChI=1S/C16H24FNO/c1-3-18-15(16(2)10-4-5-11-19-16)12-13-6-8-14(17)9-7-13/h6-9,15,18H,3-5,10-12H2,1-2H3. The van der Waals surface area contributed by atoms with Gasteiger partial charge in [-0.1, -0.05) is 19.1 Å². The lowest BCUT2D eigenvalue weighted by Gasteiger charge is -2.41. The van der Waals surface area contributed by atoms with Crippen LogP contribution in [0.15, 0.2) is 24.3 Å². The number of benzene rings is 1. The van der Waals surface area contributed by atoms with Crippen molar-refractivity contribution in [2.24, 2.45) is 0 Å². The van der Waals surface area contributed by atoms with Crippen molar-refractivity contribution in [3.8, 4) is 0 Å². The smallest absolute Gasteiger partial charge is 0.123 e. The molecule has 2 unspecified atom stereocenters. The number of nitrogens with one attached hydrogen (secondary N) is 1. The first-order valence-corrected chi connectivity index (χ1v) is 7.26. The largest absolute Gasteiger partial charge is 0.374 e. The fourth-order valence-electron chi connectivity index (χ4n) is 2.84. The summed E-state index contributed by atoms with van der Waals surface area (Å²) < 4.78 is 19.0. The lowest BCUT2D eigenvalue weighted by Crippen LogP contribution is -2.53. The van der Waals surface area contributed by atoms with Gasteiger partial charge in [-0.3, -0.25) is 0 Å². The molecule has 1 aliphatic rings. The Morgan fingerprint density at radius 2 is 2.05 bits per heavy atom. The van der Waals surface area contributed by atoms with Gasteiger partial charge in [-0.25, -0.2) is 4.39 Å². The minimum atomic E-state index is -0.177. The number of hydrogen-bond donors (Lipinski definition) is 1. The van der Waals surface area contributed by atoms with Crippen LogP contribution in [0.25, 0.3) is 0 Å². The van der Waals surface area contributed by atoms with E-state index in [1.165, 1.54) is 18.6 Å². The molecule has 106 valence electrons. The van der Waals surface area contributed by atoms with Gasteiger partial charge in [-0.2, -0.15) is 0 Å². The Balaban J connectivity index is 2.08. The summed E-state index contributed by atoms with van der Waals surface area (Å²) in [6, 6.07) is 7.07. The third-order valence-corrected chi connectivity index (χ3v) is 4.04. The minimum absolute atomic E-state index is 0.108. The number of halogens is 1. The van der Waals surface area contributed by atoms with E-state index < -0.39 is 0 Å². The molecule has 1 saturated heterocycles. The number of rotatable bonds is 5. The van der Waals surface area contributed by atoms with Crippen LogP contribution in [0.2, 0.25) is 0 Å². The maximum Gasteiger partial charge on any atom is 0.123 e. The number of likely N-dealkylation sites (N-methyl/N-ethyl adjacent to an activating group) is 1. The van der Waals surface area contributed by atoms with Gasteiger partial charge in [-0.05, 0) is 56.8 Å². The third kappa shape index (κ3) is 3.77. The average molecular weight is 265 g/mol. The van der Waals surface area contributed by atoms with Crippen LogP contribution in [0.1, 0.15) is 38.7 Å². The molecule has 1 aromatic carbocycles. The predicted octanol–water partition coefficient (Wildman–Crippen LogP) is 3.31. The van der Waals surface area contributed by atoms with Gasteiger partial charge >= 0.3 is 0 Å². The second-order valence-corrected chi connectivity index (χ2v) is 5.56. The summed E-state index contributed by atoms with van der Waals surface area (Å²) in [5.74, 6) is -0.177. The van der Waals surface area contributed by atoms with E-state index in [4.69, 9.17) is 4.74 Å². The molecule has 3 heteroatoms. The number of hydrogen-bond acceptors (Lipinski definition) is 2. The summed E-state index contributed by atoms with van der Waals surface area (Å²) in [5.41, 5.74) is 1.05. The van der Waals surface area contributed by atoms with E-state index in [-0.39, 0.29) is 17.5 Å². The van der Waals surface area contributed by atoms with Crippen LogP contribution in [0.3, 0.4) is 0 Å². The molecule has 0 amide bonds. The summed E-state index contributed by atoms with van der Waals surface area (Å²) in [6.45, 7) is 6.08. The molecule has 0 aromatic heterocycles. The molecule has 1 aliphatic heterocycles. The van der Waals surface area contributed by atoms with Crippen molar-refractivity contribution in [1.82, 2.24) is 5.32 Å². The summed E-state index contributed by atoms with van der Waals surface area (Å²) in [5, 5.41) is 3.54. The van der Waals surface area contributed by atoms with Gasteiger partial charge in [0, 0.05) is 12.6 Å². The van der Waals surface area contributed by atoms with Gasteiger partial charge in [0.15, 0.2) is 0 Å². The molecule has 1 aromatic rings. The second kappa shape index (κ2) is 6.49. The van der Waals surface area contributed by atoms with Crippen LogP contribution in [0, 0.1) is 5.82 Å². The zero-order valence-electron chi connectivity index (χ0n) is 11.9. The molecule has 1 N–H and O–H groups in total. The summed E-state index contributed by atoms with van der Waals surface area (Å²) in [4.78, 5) is 0. The molecule has 2 rings (SSSR count). The fraction of sp³-hybridized carbons (Fsp3) is 0.625. The molecule has 19 heavy (non-hydrogen) atoms. The van der Waals surface area contributed by atoms with E-state index in [0.29, 0.717) is 0 Å². The van der Waals surface area contributed by atoms with Gasteiger partial charge in [0.25, 0.3) is 0 Å². The van der Waals surface area contributed by atoms with Crippen molar-refractivity contribution in [1.29, 1.82) is 0 Å². The van der Waals surface area contributed by atoms with E-state index in [1.54, 1.807) is 0 Å². The molecule has 0 bridgehead atoms. The van der Waals surface area contributed by atoms with Crippen molar-refractivity contribution in [2.45, 2.75) is 51.2 Å². The van der Waals surface area contributed by atoms with Crippen LogP contribution in [-0.2, 0) is 11.2 Å². The SMILES string of the molecule is CCNC(Cc1ccc(F)cc1)C1(C)CCCCO1. The average Bonchev–Trinajstić information content (AvgIpc) is 2.41. The first-order chi connectivity index (χ1) is 9.14. The predicted molar refractivity (Wildman–Crippen MR) is 75.8 cm³/mol. The normalized spacial score (nSPS) is 25.2. The maximum atomic E-state index is 13.0. The van der Waals surface area contributed by atoms with Crippen LogP contribution >= 0.6 is 0 Å². The fourth-order valence-corrected chi connectivity index (χ4v) is 2.84. The van der Waals surface area contributed by atoms with Gasteiger partial charge in [0.1, 0.15) is 5.82 Å². The van der Waals surface area contributed by atoms with Gasteiger partial charge in [0.05, 0.1) is 5.60 Å². The van der Waals surface area contributed by atoms with Crippen molar-refractivity contribution in [2.75, 3.05) is 13.2 Å². The molecule has 1 heterocycles. The van der Waals surface area contributed by atoms with Gasteiger partial charge in [-0.15, -0.1) is 0 Å². The first-order valence-electron chi connectivity index (χ1n) is 7.26. The Labute approximate surface area is 115 Å². The molecular weight excluding hydrogens is 241 g/mol. The van der Waals surface area contributed by atoms with Crippen LogP contribution in [0.4, 0.5) is 4.39 Å². The highest BCUT2D eigenvalue weighted by atomic mass is 19.1. The third-order valence-electron chi connectivity index (χ3n) is 4.04. The van der Waals surface area contributed by atoms with Crippen LogP contribution in [0.5, 0.6) is 0 Å². The van der Waals surface area contributed by atoms with Gasteiger partial charge in [0.2, 0.25) is 0 Å². The van der Waals surface area contributed by atoms with Crippen LogP contribution < -0.4 is 5.32 Å². The highest BCUT2D eigenvalue weighted by Gasteiger charge is 2.36. The second-order valence-electron chi connectivity index (χ2n) is 5.56. The van der Waals surface area contributed by atoms with Crippen molar-refractivity contribution < 1.29 is 9.13 Å². The molecule has 2 atom stereocenters. The minimum Gasteiger partial charge on any atom is -0.374 e. The first kappa shape index (κ1) is 14.5. The Bertz CT molecular complexity index is 384. The van der Waals surface area contributed by atoms with Crippen LogP contribution in [-0.4, -0.2) is 24.8 Å². The monoisotopic (exact) mass is 265 g/mol. The van der Waals surface area contributed by atoms with Crippen molar-refractivity contribution in [3.63, 3.8) is 0 Å². The quantitative estimate of drug-likeness (QED) is 0.882. The molecule has 2 nitrogen and oxygen atoms in total. The zero-order valence-corrected chi connectivity index (χ0v) is 11.9. The highest BCUT2D eigenvalue weighted by molar-refractivity contribution is 5.18.